The molecule has 21 heavy (non-hydrogen) atoms. The highest BCUT2D eigenvalue weighted by molar-refractivity contribution is 6.30. The molecule has 1 saturated carbocycles. The van der Waals surface area contributed by atoms with Crippen molar-refractivity contribution in [3.63, 3.8) is 0 Å². The van der Waals surface area contributed by atoms with Gasteiger partial charge in [-0.15, -0.1) is 0 Å². The summed E-state index contributed by atoms with van der Waals surface area (Å²) in [7, 11) is 0. The molecule has 4 nitrogen and oxygen atoms in total. The van der Waals surface area contributed by atoms with Crippen LogP contribution in [-0.2, 0) is 6.61 Å². The van der Waals surface area contributed by atoms with Crippen molar-refractivity contribution >= 4 is 22.6 Å². The van der Waals surface area contributed by atoms with Crippen LogP contribution in [0.1, 0.15) is 24.4 Å². The highest BCUT2D eigenvalue weighted by Gasteiger charge is 2.27. The summed E-state index contributed by atoms with van der Waals surface area (Å²) in [6.45, 7) is 0.471. The number of aromatic nitrogens is 3. The number of benzene rings is 1. The average Bonchev–Trinajstić information content (AvgIpc) is 3.26. The second-order valence-electron chi connectivity index (χ2n) is 5.28. The number of pyridine rings is 1. The second kappa shape index (κ2) is 5.04. The fourth-order valence-corrected chi connectivity index (χ4v) is 2.63. The Balaban J connectivity index is 1.71. The smallest absolute Gasteiger partial charge is 0.242 e. The standard InChI is InChI=1S/C16H14ClN3O/c17-14-8-13-15(20(10-18-13)12-6-7-12)16(19-14)21-9-11-4-2-1-3-5-11/h1-5,8,10,12H,6-7,9H2. The third kappa shape index (κ3) is 2.47. The van der Waals surface area contributed by atoms with Crippen LogP contribution in [0.15, 0.2) is 42.7 Å². The van der Waals surface area contributed by atoms with E-state index in [9.17, 15) is 0 Å². The van der Waals surface area contributed by atoms with E-state index in [0.29, 0.717) is 23.7 Å². The minimum Gasteiger partial charge on any atom is -0.471 e. The van der Waals surface area contributed by atoms with Gasteiger partial charge in [-0.2, -0.15) is 4.98 Å². The summed E-state index contributed by atoms with van der Waals surface area (Å²) in [6.07, 6.45) is 4.23. The fraction of sp³-hybridized carbons (Fsp3) is 0.250. The molecule has 2 heterocycles. The molecule has 4 rings (SSSR count). The van der Waals surface area contributed by atoms with Gasteiger partial charge in [0.15, 0.2) is 0 Å². The average molecular weight is 300 g/mol. The fourth-order valence-electron chi connectivity index (χ4n) is 2.45. The van der Waals surface area contributed by atoms with Gasteiger partial charge in [-0.05, 0) is 18.4 Å². The predicted octanol–water partition coefficient (Wildman–Crippen LogP) is 4.00. The summed E-state index contributed by atoms with van der Waals surface area (Å²) in [5.41, 5.74) is 2.88. The molecule has 106 valence electrons. The quantitative estimate of drug-likeness (QED) is 0.684. The number of imidazole rings is 1. The Morgan fingerprint density at radius 1 is 1.24 bits per heavy atom. The zero-order valence-corrected chi connectivity index (χ0v) is 12.1. The molecule has 0 radical (unpaired) electrons. The summed E-state index contributed by atoms with van der Waals surface area (Å²) < 4.78 is 8.06. The maximum Gasteiger partial charge on any atom is 0.242 e. The van der Waals surface area contributed by atoms with Crippen LogP contribution >= 0.6 is 11.6 Å². The van der Waals surface area contributed by atoms with E-state index < -0.39 is 0 Å². The van der Waals surface area contributed by atoms with Gasteiger partial charge in [0.25, 0.3) is 0 Å². The third-order valence-electron chi connectivity index (χ3n) is 3.65. The number of nitrogens with zero attached hydrogens (tertiary/aromatic N) is 3. The third-order valence-corrected chi connectivity index (χ3v) is 3.84. The molecule has 5 heteroatoms. The molecule has 3 aromatic rings. The number of hydrogen-bond acceptors (Lipinski definition) is 3. The molecular formula is C16H14ClN3O. The minimum absolute atomic E-state index is 0.409. The number of rotatable bonds is 4. The van der Waals surface area contributed by atoms with Crippen LogP contribution < -0.4 is 4.74 Å². The van der Waals surface area contributed by atoms with E-state index in [1.54, 1.807) is 6.07 Å². The molecule has 0 spiro atoms. The summed E-state index contributed by atoms with van der Waals surface area (Å²) in [6, 6.07) is 12.3. The SMILES string of the molecule is Clc1cc2ncn(C3CC3)c2c(OCc2ccccc2)n1. The van der Waals surface area contributed by atoms with Gasteiger partial charge in [-0.25, -0.2) is 4.98 Å². The minimum atomic E-state index is 0.409. The van der Waals surface area contributed by atoms with Crippen molar-refractivity contribution in [3.05, 3.63) is 53.4 Å². The molecule has 2 aromatic heterocycles. The molecule has 0 amide bonds. The van der Waals surface area contributed by atoms with E-state index in [0.717, 1.165) is 16.6 Å². The van der Waals surface area contributed by atoms with Crippen LogP contribution in [-0.4, -0.2) is 14.5 Å². The van der Waals surface area contributed by atoms with Crippen LogP contribution in [0.2, 0.25) is 5.15 Å². The van der Waals surface area contributed by atoms with E-state index in [4.69, 9.17) is 16.3 Å². The van der Waals surface area contributed by atoms with Gasteiger partial charge in [-0.3, -0.25) is 0 Å². The van der Waals surface area contributed by atoms with Crippen LogP contribution in [0, 0.1) is 0 Å². The Morgan fingerprint density at radius 2 is 2.05 bits per heavy atom. The van der Waals surface area contributed by atoms with Crippen molar-refractivity contribution < 1.29 is 4.74 Å². The number of halogens is 1. The summed E-state index contributed by atoms with van der Waals surface area (Å²) in [4.78, 5) is 8.76. The van der Waals surface area contributed by atoms with Crippen LogP contribution in [0.5, 0.6) is 5.88 Å². The Bertz CT molecular complexity index is 781. The number of fused-ring (bicyclic) bond motifs is 1. The Hall–Kier alpha value is -2.07. The van der Waals surface area contributed by atoms with Crippen LogP contribution in [0.25, 0.3) is 11.0 Å². The first-order valence-electron chi connectivity index (χ1n) is 7.01. The van der Waals surface area contributed by atoms with Gasteiger partial charge in [-0.1, -0.05) is 41.9 Å². The van der Waals surface area contributed by atoms with Crippen molar-refractivity contribution in [2.24, 2.45) is 0 Å². The molecule has 0 atom stereocenters. The van der Waals surface area contributed by atoms with Crippen LogP contribution in [0.4, 0.5) is 0 Å². The highest BCUT2D eigenvalue weighted by atomic mass is 35.5. The van der Waals surface area contributed by atoms with Gasteiger partial charge < -0.3 is 9.30 Å². The first-order chi connectivity index (χ1) is 10.3. The first-order valence-corrected chi connectivity index (χ1v) is 7.39. The lowest BCUT2D eigenvalue weighted by Crippen LogP contribution is -2.01. The molecule has 1 aliphatic rings. The predicted molar refractivity (Wildman–Crippen MR) is 81.6 cm³/mol. The molecule has 0 aliphatic heterocycles. The molecule has 1 fully saturated rings. The highest BCUT2D eigenvalue weighted by Crippen LogP contribution is 2.39. The van der Waals surface area contributed by atoms with Crippen molar-refractivity contribution in [1.82, 2.24) is 14.5 Å². The monoisotopic (exact) mass is 299 g/mol. The Labute approximate surface area is 127 Å². The van der Waals surface area contributed by atoms with E-state index in [1.807, 2.05) is 36.7 Å². The molecule has 0 unspecified atom stereocenters. The summed E-state index contributed by atoms with van der Waals surface area (Å²) in [5.74, 6) is 0.561. The summed E-state index contributed by atoms with van der Waals surface area (Å²) >= 11 is 6.07. The lowest BCUT2D eigenvalue weighted by molar-refractivity contribution is 0.296. The van der Waals surface area contributed by atoms with E-state index in [1.165, 1.54) is 12.8 Å². The van der Waals surface area contributed by atoms with Gasteiger partial charge >= 0.3 is 0 Å². The van der Waals surface area contributed by atoms with Crippen molar-refractivity contribution in [3.8, 4) is 5.88 Å². The summed E-state index contributed by atoms with van der Waals surface area (Å²) in [5, 5.41) is 0.409. The van der Waals surface area contributed by atoms with Gasteiger partial charge in [0.2, 0.25) is 5.88 Å². The van der Waals surface area contributed by atoms with Gasteiger partial charge in [0.05, 0.1) is 11.8 Å². The zero-order chi connectivity index (χ0) is 14.2. The molecular weight excluding hydrogens is 286 g/mol. The lowest BCUT2D eigenvalue weighted by Gasteiger charge is -2.09. The molecule has 0 bridgehead atoms. The van der Waals surface area contributed by atoms with Gasteiger partial charge in [0.1, 0.15) is 17.3 Å². The van der Waals surface area contributed by atoms with Crippen molar-refractivity contribution in [1.29, 1.82) is 0 Å². The molecule has 0 saturated heterocycles. The topological polar surface area (TPSA) is 39.9 Å². The van der Waals surface area contributed by atoms with Crippen molar-refractivity contribution in [2.75, 3.05) is 0 Å². The van der Waals surface area contributed by atoms with E-state index >= 15 is 0 Å². The number of ether oxygens (including phenoxy) is 1. The lowest BCUT2D eigenvalue weighted by atomic mass is 10.2. The molecule has 0 N–H and O–H groups in total. The maximum absolute atomic E-state index is 6.07. The zero-order valence-electron chi connectivity index (χ0n) is 11.4. The largest absolute Gasteiger partial charge is 0.471 e. The normalized spacial score (nSPS) is 14.5. The van der Waals surface area contributed by atoms with E-state index in [2.05, 4.69) is 14.5 Å². The van der Waals surface area contributed by atoms with Crippen molar-refractivity contribution in [2.45, 2.75) is 25.5 Å². The molecule has 1 aromatic carbocycles. The molecule has 1 aliphatic carbocycles. The van der Waals surface area contributed by atoms with Gasteiger partial charge in [0, 0.05) is 12.1 Å². The first kappa shape index (κ1) is 12.7. The Morgan fingerprint density at radius 3 is 2.81 bits per heavy atom. The van der Waals surface area contributed by atoms with E-state index in [-0.39, 0.29) is 0 Å². The maximum atomic E-state index is 6.07. The number of hydrogen-bond donors (Lipinski definition) is 0. The Kier molecular flexibility index (Phi) is 3.04. The second-order valence-corrected chi connectivity index (χ2v) is 5.66. The van der Waals surface area contributed by atoms with Crippen LogP contribution in [0.3, 0.4) is 0 Å².